The van der Waals surface area contributed by atoms with Crippen LogP contribution in [0.3, 0.4) is 0 Å². The second-order valence-electron chi connectivity index (χ2n) is 1.23. The Morgan fingerprint density at radius 3 is 3.12 bits per heavy atom. The summed E-state index contributed by atoms with van der Waals surface area (Å²) in [5.41, 5.74) is 2.73. The Hall–Kier alpha value is -1.21. The van der Waals surface area contributed by atoms with Gasteiger partial charge in [-0.1, -0.05) is 0 Å². The summed E-state index contributed by atoms with van der Waals surface area (Å²) >= 11 is 0. The van der Waals surface area contributed by atoms with Crippen molar-refractivity contribution >= 4 is 6.34 Å². The normalized spacial score (nSPS) is 14.9. The van der Waals surface area contributed by atoms with Crippen molar-refractivity contribution in [3.63, 3.8) is 0 Å². The molecule has 0 aromatic heterocycles. The van der Waals surface area contributed by atoms with Crippen molar-refractivity contribution in [3.05, 3.63) is 17.8 Å². The maximum Gasteiger partial charge on any atom is 0.239 e. The first-order valence-electron chi connectivity index (χ1n) is 2.21. The number of ether oxygens (including phenoxy) is 1. The van der Waals surface area contributed by atoms with E-state index < -0.39 is 0 Å². The Labute approximate surface area is 47.4 Å². The van der Waals surface area contributed by atoms with Crippen molar-refractivity contribution < 1.29 is 4.74 Å². The van der Waals surface area contributed by atoms with Crippen LogP contribution in [0, 0.1) is 0 Å². The van der Waals surface area contributed by atoms with Gasteiger partial charge in [0.05, 0.1) is 19.6 Å². The molecule has 3 nitrogen and oxygen atoms in total. The summed E-state index contributed by atoms with van der Waals surface area (Å²) in [6.07, 6.45) is 3.07. The summed E-state index contributed by atoms with van der Waals surface area (Å²) in [6.45, 7) is 0. The molecule has 0 saturated heterocycles. The minimum atomic E-state index is 0.597. The maximum atomic E-state index is 4.76. The number of rotatable bonds is 1. The Morgan fingerprint density at radius 2 is 2.75 bits per heavy atom. The van der Waals surface area contributed by atoms with Crippen LogP contribution in [0.1, 0.15) is 0 Å². The fourth-order valence-corrected chi connectivity index (χ4v) is 0.389. The van der Waals surface area contributed by atoms with Gasteiger partial charge >= 0.3 is 0 Å². The zero-order chi connectivity index (χ0) is 5.82. The Bertz CT molecular complexity index is 165. The molecule has 0 aliphatic carbocycles. The molecule has 0 radical (unpaired) electrons. The van der Waals surface area contributed by atoms with Gasteiger partial charge in [-0.25, -0.2) is 4.99 Å². The monoisotopic (exact) mass is 110 g/mol. The molecule has 0 bridgehead atoms. The number of aliphatic imine (C=N–C) groups is 1. The van der Waals surface area contributed by atoms with E-state index in [0.717, 1.165) is 0 Å². The van der Waals surface area contributed by atoms with Crippen LogP contribution in [-0.2, 0) is 4.74 Å². The van der Waals surface area contributed by atoms with Crippen LogP contribution in [0.2, 0.25) is 0 Å². The van der Waals surface area contributed by atoms with E-state index in [1.165, 1.54) is 12.5 Å². The van der Waals surface area contributed by atoms with Crippen molar-refractivity contribution in [1.29, 1.82) is 0 Å². The third kappa shape index (κ3) is 0.891. The smallest absolute Gasteiger partial charge is 0.239 e. The topological polar surface area (TPSA) is 33.6 Å². The van der Waals surface area contributed by atoms with Gasteiger partial charge in [-0.2, -0.15) is 0 Å². The molecular formula is C5H6N2O. The third-order valence-electron chi connectivity index (χ3n) is 0.744. The molecule has 1 N–H and O–H groups in total. The molecule has 0 saturated carbocycles. The first-order chi connectivity index (χ1) is 3.93. The summed E-state index contributed by atoms with van der Waals surface area (Å²) in [7, 11) is 1.57. The van der Waals surface area contributed by atoms with Crippen molar-refractivity contribution in [2.24, 2.45) is 4.99 Å². The van der Waals surface area contributed by atoms with Gasteiger partial charge in [0.15, 0.2) is 0 Å². The lowest BCUT2D eigenvalue weighted by atomic mass is 10.7. The molecule has 1 aliphatic heterocycles. The van der Waals surface area contributed by atoms with Crippen molar-refractivity contribution in [2.45, 2.75) is 0 Å². The molecule has 8 heavy (non-hydrogen) atoms. The predicted octanol–water partition coefficient (Wildman–Crippen LogP) is 0.218. The molecule has 0 amide bonds. The van der Waals surface area contributed by atoms with Gasteiger partial charge in [-0.3, -0.25) is 0 Å². The summed E-state index contributed by atoms with van der Waals surface area (Å²) in [6, 6.07) is 0. The van der Waals surface area contributed by atoms with Crippen LogP contribution in [-0.4, -0.2) is 13.4 Å². The lowest BCUT2D eigenvalue weighted by molar-refractivity contribution is 0.277. The van der Waals surface area contributed by atoms with Crippen LogP contribution in [0.4, 0.5) is 0 Å². The summed E-state index contributed by atoms with van der Waals surface area (Å²) in [4.78, 5) is 3.70. The molecule has 0 unspecified atom stereocenters. The lowest BCUT2D eigenvalue weighted by Gasteiger charge is -2.01. The molecule has 0 aromatic rings. The van der Waals surface area contributed by atoms with Crippen LogP contribution >= 0.6 is 0 Å². The van der Waals surface area contributed by atoms with E-state index >= 15 is 0 Å². The quantitative estimate of drug-likeness (QED) is 0.490. The van der Waals surface area contributed by atoms with Gasteiger partial charge in [0, 0.05) is 0 Å². The maximum absolute atomic E-state index is 4.76. The fourth-order valence-electron chi connectivity index (χ4n) is 0.389. The highest BCUT2D eigenvalue weighted by atomic mass is 16.5. The number of hydrogen-bond acceptors (Lipinski definition) is 3. The molecule has 1 aliphatic rings. The minimum absolute atomic E-state index is 0.597. The summed E-state index contributed by atoms with van der Waals surface area (Å²) in [5, 5.41) is 2.73. The first kappa shape index (κ1) is 4.94. The van der Waals surface area contributed by atoms with Gasteiger partial charge < -0.3 is 10.1 Å². The third-order valence-corrected chi connectivity index (χ3v) is 0.744. The van der Waals surface area contributed by atoms with Crippen molar-refractivity contribution in [3.8, 4) is 0 Å². The van der Waals surface area contributed by atoms with Crippen molar-refractivity contribution in [2.75, 3.05) is 7.11 Å². The van der Waals surface area contributed by atoms with Gasteiger partial charge in [-0.15, -0.1) is 0 Å². The van der Waals surface area contributed by atoms with Crippen LogP contribution < -0.4 is 5.32 Å². The standard InChI is InChI=1S/C5H6N2O/c1-8-5-2-3-6-4-7-5/h3-4H,1H3,(H,6,7). The summed E-state index contributed by atoms with van der Waals surface area (Å²) in [5.74, 6) is 0.597. The Kier molecular flexibility index (Phi) is 1.35. The molecular weight excluding hydrogens is 104 g/mol. The minimum Gasteiger partial charge on any atom is -0.476 e. The molecule has 42 valence electrons. The SMILES string of the molecule is COC1=C=CN=CN1. The average molecular weight is 110 g/mol. The molecule has 1 rings (SSSR count). The van der Waals surface area contributed by atoms with E-state index in [1.54, 1.807) is 7.11 Å². The van der Waals surface area contributed by atoms with Crippen LogP contribution in [0.25, 0.3) is 0 Å². The van der Waals surface area contributed by atoms with E-state index in [2.05, 4.69) is 16.0 Å². The molecule has 3 heteroatoms. The highest BCUT2D eigenvalue weighted by Crippen LogP contribution is 1.87. The van der Waals surface area contributed by atoms with Gasteiger partial charge in [0.2, 0.25) is 5.88 Å². The highest BCUT2D eigenvalue weighted by molar-refractivity contribution is 5.58. The van der Waals surface area contributed by atoms with Gasteiger partial charge in [0.25, 0.3) is 0 Å². The van der Waals surface area contributed by atoms with E-state index in [4.69, 9.17) is 4.74 Å². The Morgan fingerprint density at radius 1 is 1.88 bits per heavy atom. The van der Waals surface area contributed by atoms with Crippen LogP contribution in [0.5, 0.6) is 0 Å². The largest absolute Gasteiger partial charge is 0.476 e. The molecule has 0 fully saturated rings. The first-order valence-corrected chi connectivity index (χ1v) is 2.21. The zero-order valence-electron chi connectivity index (χ0n) is 4.51. The molecule has 0 atom stereocenters. The van der Waals surface area contributed by atoms with E-state index in [9.17, 15) is 0 Å². The van der Waals surface area contributed by atoms with E-state index in [1.807, 2.05) is 0 Å². The Balaban J connectivity index is 2.69. The zero-order valence-corrected chi connectivity index (χ0v) is 4.51. The van der Waals surface area contributed by atoms with E-state index in [0.29, 0.717) is 5.88 Å². The lowest BCUT2D eigenvalue weighted by Crippen LogP contribution is -2.12. The highest BCUT2D eigenvalue weighted by Gasteiger charge is 1.88. The molecule has 0 aromatic carbocycles. The average Bonchev–Trinajstić information content (AvgIpc) is 1.90. The number of hydrogen-bond donors (Lipinski definition) is 1. The van der Waals surface area contributed by atoms with Gasteiger partial charge in [0.1, 0.15) is 0 Å². The van der Waals surface area contributed by atoms with Gasteiger partial charge in [-0.05, 0) is 5.73 Å². The molecule has 0 spiro atoms. The number of nitrogens with zero attached hydrogens (tertiary/aromatic N) is 1. The number of methoxy groups -OCH3 is 1. The molecule has 1 heterocycles. The number of nitrogens with one attached hydrogen (secondary N) is 1. The van der Waals surface area contributed by atoms with Crippen LogP contribution in [0.15, 0.2) is 22.8 Å². The van der Waals surface area contributed by atoms with E-state index in [-0.39, 0.29) is 0 Å². The fraction of sp³-hybridized carbons (Fsp3) is 0.200. The second kappa shape index (κ2) is 2.19. The van der Waals surface area contributed by atoms with Crippen molar-refractivity contribution in [1.82, 2.24) is 5.32 Å². The summed E-state index contributed by atoms with van der Waals surface area (Å²) < 4.78 is 4.76. The predicted molar refractivity (Wildman–Crippen MR) is 30.2 cm³/mol. The second-order valence-corrected chi connectivity index (χ2v) is 1.23.